The number of rotatable bonds is 5. The Labute approximate surface area is 252 Å². The Morgan fingerprint density at radius 1 is 0.791 bits per heavy atom. The van der Waals surface area contributed by atoms with E-state index in [1.807, 2.05) is 24.3 Å². The van der Waals surface area contributed by atoms with Crippen LogP contribution in [0.15, 0.2) is 114 Å². The summed E-state index contributed by atoms with van der Waals surface area (Å²) in [4.78, 5) is 25.0. The Morgan fingerprint density at radius 2 is 1.44 bits per heavy atom. The van der Waals surface area contributed by atoms with Gasteiger partial charge in [0.05, 0.1) is 10.9 Å². The molecule has 0 bridgehead atoms. The Morgan fingerprint density at radius 3 is 2.14 bits per heavy atom. The van der Waals surface area contributed by atoms with E-state index in [9.17, 15) is 14.7 Å². The average Bonchev–Trinajstić information content (AvgIpc) is 3.32. The SMILES string of the molecule is Cl.N=c1ccc2c(-c3ccccc3C(=O)O)c3ccc(NC(=O)OCC4c5ccccc5-c5ccccc54)cc3oc-2c1. The Kier molecular flexibility index (Phi) is 7.17. The molecule has 3 aliphatic rings. The third-order valence-electron chi connectivity index (χ3n) is 7.74. The fourth-order valence-electron chi connectivity index (χ4n) is 5.90. The van der Waals surface area contributed by atoms with E-state index in [0.29, 0.717) is 39.1 Å². The molecule has 0 radical (unpaired) electrons. The number of carboxylic acid groups (broad SMARTS) is 1. The third-order valence-corrected chi connectivity index (χ3v) is 7.74. The fraction of sp³-hybridized carbons (Fsp3) is 0.0571. The van der Waals surface area contributed by atoms with Crippen LogP contribution in [0.25, 0.3) is 44.5 Å². The highest BCUT2D eigenvalue weighted by Crippen LogP contribution is 2.45. The second-order valence-electron chi connectivity index (χ2n) is 10.2. The van der Waals surface area contributed by atoms with Crippen LogP contribution >= 0.6 is 12.4 Å². The van der Waals surface area contributed by atoms with E-state index >= 15 is 0 Å². The molecule has 0 fully saturated rings. The maximum absolute atomic E-state index is 12.9. The van der Waals surface area contributed by atoms with Gasteiger partial charge >= 0.3 is 12.1 Å². The van der Waals surface area contributed by atoms with E-state index < -0.39 is 12.1 Å². The van der Waals surface area contributed by atoms with E-state index in [4.69, 9.17) is 14.6 Å². The van der Waals surface area contributed by atoms with Crippen LogP contribution in [0, 0.1) is 5.41 Å². The second kappa shape index (κ2) is 11.1. The molecule has 7 nitrogen and oxygen atoms in total. The molecule has 3 N–H and O–H groups in total. The number of aromatic carboxylic acids is 1. The molecule has 1 aliphatic heterocycles. The molecule has 0 spiro atoms. The number of halogens is 1. The first-order valence-electron chi connectivity index (χ1n) is 13.5. The van der Waals surface area contributed by atoms with Crippen LogP contribution in [0.1, 0.15) is 27.4 Å². The molecule has 212 valence electrons. The lowest BCUT2D eigenvalue weighted by atomic mass is 9.91. The number of anilines is 1. The van der Waals surface area contributed by atoms with E-state index in [-0.39, 0.29) is 35.9 Å². The van der Waals surface area contributed by atoms with Crippen molar-refractivity contribution in [1.82, 2.24) is 0 Å². The molecule has 0 unspecified atom stereocenters. The fourth-order valence-corrected chi connectivity index (χ4v) is 5.90. The molecule has 4 aromatic carbocycles. The number of carbonyl (C=O) groups excluding carboxylic acids is 1. The maximum Gasteiger partial charge on any atom is 0.411 e. The minimum atomic E-state index is -1.04. The summed E-state index contributed by atoms with van der Waals surface area (Å²) in [5, 5.41) is 21.7. The molecule has 1 amide bonds. The van der Waals surface area contributed by atoms with Crippen LogP contribution in [0.3, 0.4) is 0 Å². The monoisotopic (exact) mass is 588 g/mol. The highest BCUT2D eigenvalue weighted by molar-refractivity contribution is 6.08. The first-order valence-corrected chi connectivity index (χ1v) is 13.5. The van der Waals surface area contributed by atoms with Gasteiger partial charge in [0, 0.05) is 40.3 Å². The van der Waals surface area contributed by atoms with Crippen LogP contribution in [-0.4, -0.2) is 23.8 Å². The van der Waals surface area contributed by atoms with Gasteiger partial charge in [-0.25, -0.2) is 9.59 Å². The Bertz CT molecular complexity index is 2020. The molecule has 4 aromatic rings. The van der Waals surface area contributed by atoms with Gasteiger partial charge in [-0.3, -0.25) is 5.32 Å². The standard InChI is InChI=1S/C35H24N2O5.ClH/c36-20-13-15-28-31(17-20)42-32-18-21(14-16-29(32)33(28)26-11-5-6-12-27(26)34(38)39)37-35(40)41-19-30-24-9-3-1-7-22(24)23-8-2-4-10-25(23)30;/h1-18,30,36H,19H2,(H,37,40)(H,38,39);1H. The van der Waals surface area contributed by atoms with Gasteiger partial charge in [-0.15, -0.1) is 12.4 Å². The summed E-state index contributed by atoms with van der Waals surface area (Å²) < 4.78 is 11.9. The molecule has 0 atom stereocenters. The van der Waals surface area contributed by atoms with Crippen LogP contribution < -0.4 is 10.7 Å². The first-order chi connectivity index (χ1) is 20.5. The zero-order valence-electron chi connectivity index (χ0n) is 22.7. The van der Waals surface area contributed by atoms with Gasteiger partial charge in [0.15, 0.2) is 0 Å². The number of fused-ring (bicyclic) bond motifs is 5. The molecule has 2 aliphatic carbocycles. The minimum Gasteiger partial charge on any atom is -0.478 e. The Balaban J connectivity index is 0.00000329. The summed E-state index contributed by atoms with van der Waals surface area (Å²) in [5.74, 6) is -0.668. The number of hydrogen-bond acceptors (Lipinski definition) is 5. The quantitative estimate of drug-likeness (QED) is 0.176. The number of carboxylic acids is 1. The summed E-state index contributed by atoms with van der Waals surface area (Å²) in [6.45, 7) is 0.185. The van der Waals surface area contributed by atoms with Crippen LogP contribution in [0.2, 0.25) is 0 Å². The lowest BCUT2D eigenvalue weighted by Gasteiger charge is -2.17. The van der Waals surface area contributed by atoms with Gasteiger partial charge in [0.2, 0.25) is 0 Å². The molecule has 1 heterocycles. The van der Waals surface area contributed by atoms with Crippen LogP contribution in [0.4, 0.5) is 10.5 Å². The van der Waals surface area contributed by atoms with Crippen molar-refractivity contribution in [1.29, 1.82) is 5.41 Å². The van der Waals surface area contributed by atoms with Gasteiger partial charge in [-0.2, -0.15) is 0 Å². The predicted molar refractivity (Wildman–Crippen MR) is 167 cm³/mol. The zero-order chi connectivity index (χ0) is 28.8. The number of carbonyl (C=O) groups is 2. The minimum absolute atomic E-state index is 0. The van der Waals surface area contributed by atoms with Gasteiger partial charge < -0.3 is 19.7 Å². The van der Waals surface area contributed by atoms with Crippen molar-refractivity contribution in [2.75, 3.05) is 11.9 Å². The lowest BCUT2D eigenvalue weighted by Crippen LogP contribution is -2.17. The van der Waals surface area contributed by atoms with E-state index in [2.05, 4.69) is 29.6 Å². The predicted octanol–water partition coefficient (Wildman–Crippen LogP) is 8.17. The molecule has 0 saturated heterocycles. The van der Waals surface area contributed by atoms with Gasteiger partial charge in [0.25, 0.3) is 0 Å². The summed E-state index contributed by atoms with van der Waals surface area (Å²) in [7, 11) is 0. The molecule has 0 aromatic heterocycles. The number of ether oxygens (including phenoxy) is 1. The van der Waals surface area contributed by atoms with Crippen molar-refractivity contribution in [3.8, 4) is 33.6 Å². The molecular weight excluding hydrogens is 564 g/mol. The van der Waals surface area contributed by atoms with E-state index in [0.717, 1.165) is 22.3 Å². The number of nitrogens with one attached hydrogen (secondary N) is 2. The van der Waals surface area contributed by atoms with Crippen molar-refractivity contribution in [2.24, 2.45) is 0 Å². The highest BCUT2D eigenvalue weighted by Gasteiger charge is 2.29. The molecule has 7 rings (SSSR count). The van der Waals surface area contributed by atoms with Crippen molar-refractivity contribution >= 4 is 41.1 Å². The molecular formula is C35H25ClN2O5. The van der Waals surface area contributed by atoms with Crippen LogP contribution in [0.5, 0.6) is 0 Å². The summed E-state index contributed by atoms with van der Waals surface area (Å²) >= 11 is 0. The second-order valence-corrected chi connectivity index (χ2v) is 10.2. The van der Waals surface area contributed by atoms with Gasteiger partial charge in [-0.05, 0) is 58.1 Å². The topological polar surface area (TPSA) is 113 Å². The molecule has 43 heavy (non-hydrogen) atoms. The van der Waals surface area contributed by atoms with E-state index in [1.165, 1.54) is 0 Å². The first kappa shape index (κ1) is 27.8. The summed E-state index contributed by atoms with van der Waals surface area (Å²) in [5.41, 5.74) is 7.51. The number of amides is 1. The number of benzene rings is 5. The van der Waals surface area contributed by atoms with Gasteiger partial charge in [0.1, 0.15) is 18.0 Å². The van der Waals surface area contributed by atoms with Crippen molar-refractivity contribution in [3.63, 3.8) is 0 Å². The lowest BCUT2D eigenvalue weighted by molar-refractivity contribution is 0.0697. The number of hydrogen-bond donors (Lipinski definition) is 3. The van der Waals surface area contributed by atoms with Crippen LogP contribution in [-0.2, 0) is 4.74 Å². The van der Waals surface area contributed by atoms with Crippen molar-refractivity contribution in [3.05, 3.63) is 131 Å². The zero-order valence-corrected chi connectivity index (χ0v) is 23.5. The van der Waals surface area contributed by atoms with E-state index in [1.54, 1.807) is 60.7 Å². The highest BCUT2D eigenvalue weighted by atomic mass is 35.5. The van der Waals surface area contributed by atoms with Crippen molar-refractivity contribution in [2.45, 2.75) is 5.92 Å². The summed E-state index contributed by atoms with van der Waals surface area (Å²) in [6, 6.07) is 33.3. The Hall–Kier alpha value is -5.40. The third kappa shape index (κ3) is 4.90. The maximum atomic E-state index is 12.9. The van der Waals surface area contributed by atoms with Crippen molar-refractivity contribution < 1.29 is 23.8 Å². The smallest absolute Gasteiger partial charge is 0.411 e. The largest absolute Gasteiger partial charge is 0.478 e. The molecule has 8 heteroatoms. The van der Waals surface area contributed by atoms with Gasteiger partial charge in [-0.1, -0.05) is 66.7 Å². The summed E-state index contributed by atoms with van der Waals surface area (Å²) in [6.07, 6.45) is -0.595. The molecule has 0 saturated carbocycles. The average molecular weight is 589 g/mol. The normalized spacial score (nSPS) is 11.9.